The first-order valence-corrected chi connectivity index (χ1v) is 12.4. The summed E-state index contributed by atoms with van der Waals surface area (Å²) in [4.78, 5) is 27.1. The van der Waals surface area contributed by atoms with Crippen LogP contribution in [-0.4, -0.2) is 86.1 Å². The lowest BCUT2D eigenvalue weighted by molar-refractivity contribution is -0.140. The van der Waals surface area contributed by atoms with Gasteiger partial charge >= 0.3 is 0 Å². The van der Waals surface area contributed by atoms with Gasteiger partial charge in [0.05, 0.1) is 36.3 Å². The van der Waals surface area contributed by atoms with E-state index in [2.05, 4.69) is 0 Å². The number of hydrogen-bond acceptors (Lipinski definition) is 8. The Hall–Kier alpha value is -3.25. The number of carbonyl (C=O) groups is 2. The monoisotopic (exact) mass is 502 g/mol. The molecule has 2 aliphatic rings. The fourth-order valence-corrected chi connectivity index (χ4v) is 5.59. The molecule has 10 nitrogen and oxygen atoms in total. The number of phenols is 1. The number of sulfonamides is 1. The average Bonchev–Trinajstić information content (AvgIpc) is 3.13. The molecule has 1 amide bonds. The number of amides is 1. The number of likely N-dealkylation sites (tertiary alicyclic amines) is 1. The highest BCUT2D eigenvalue weighted by molar-refractivity contribution is 7.89. The first-order chi connectivity index (χ1) is 16.8. The van der Waals surface area contributed by atoms with Crippen LogP contribution in [0.3, 0.4) is 0 Å². The number of ketones is 1. The predicted molar refractivity (Wildman–Crippen MR) is 125 cm³/mol. The van der Waals surface area contributed by atoms with E-state index in [1.807, 2.05) is 0 Å². The van der Waals surface area contributed by atoms with Gasteiger partial charge in [-0.1, -0.05) is 12.1 Å². The summed E-state index contributed by atoms with van der Waals surface area (Å²) < 4.78 is 37.4. The van der Waals surface area contributed by atoms with Gasteiger partial charge in [-0.05, 0) is 42.0 Å². The fourth-order valence-electron chi connectivity index (χ4n) is 4.18. The number of methoxy groups -OCH3 is 1. The van der Waals surface area contributed by atoms with Crippen molar-refractivity contribution in [3.05, 3.63) is 65.2 Å². The second-order valence-electron chi connectivity index (χ2n) is 8.12. The van der Waals surface area contributed by atoms with Gasteiger partial charge in [0.15, 0.2) is 0 Å². The first-order valence-electron chi connectivity index (χ1n) is 11.0. The Labute approximate surface area is 203 Å². The van der Waals surface area contributed by atoms with Crippen LogP contribution in [0.25, 0.3) is 5.76 Å². The summed E-state index contributed by atoms with van der Waals surface area (Å²) in [5.74, 6) is -2.05. The van der Waals surface area contributed by atoms with Crippen molar-refractivity contribution in [1.29, 1.82) is 0 Å². The van der Waals surface area contributed by atoms with Crippen molar-refractivity contribution < 1.29 is 37.7 Å². The molecular formula is C24H26N2O8S. The molecule has 2 N–H and O–H groups in total. The number of Topliss-reactive ketones (excluding diaryl/α,β-unsaturated/α-hetero) is 1. The van der Waals surface area contributed by atoms with Crippen LogP contribution < -0.4 is 0 Å². The maximum Gasteiger partial charge on any atom is 0.295 e. The van der Waals surface area contributed by atoms with E-state index in [1.165, 1.54) is 52.7 Å². The van der Waals surface area contributed by atoms with Gasteiger partial charge in [0.2, 0.25) is 10.0 Å². The minimum atomic E-state index is -3.73. The summed E-state index contributed by atoms with van der Waals surface area (Å²) in [5, 5.41) is 20.8. The van der Waals surface area contributed by atoms with Crippen LogP contribution in [0, 0.1) is 0 Å². The maximum atomic E-state index is 13.0. The molecule has 35 heavy (non-hydrogen) atoms. The predicted octanol–water partition coefficient (Wildman–Crippen LogP) is 1.48. The highest BCUT2D eigenvalue weighted by atomic mass is 32.2. The molecule has 1 unspecified atom stereocenters. The van der Waals surface area contributed by atoms with Crippen molar-refractivity contribution in [2.75, 3.05) is 46.6 Å². The zero-order chi connectivity index (χ0) is 25.2. The van der Waals surface area contributed by atoms with Crippen molar-refractivity contribution in [2.24, 2.45) is 0 Å². The molecule has 2 aromatic rings. The number of aliphatic hydroxyl groups is 1. The van der Waals surface area contributed by atoms with E-state index in [0.717, 1.165) is 0 Å². The van der Waals surface area contributed by atoms with Crippen LogP contribution >= 0.6 is 0 Å². The highest BCUT2D eigenvalue weighted by Crippen LogP contribution is 2.39. The second kappa shape index (κ2) is 10.2. The van der Waals surface area contributed by atoms with Crippen LogP contribution in [0.4, 0.5) is 0 Å². The fraction of sp³-hybridized carbons (Fsp3) is 0.333. The van der Waals surface area contributed by atoms with Crippen molar-refractivity contribution in [2.45, 2.75) is 10.9 Å². The van der Waals surface area contributed by atoms with Gasteiger partial charge in [0.25, 0.3) is 11.7 Å². The number of morpholine rings is 1. The lowest BCUT2D eigenvalue weighted by atomic mass is 9.95. The van der Waals surface area contributed by atoms with Gasteiger partial charge in [-0.3, -0.25) is 9.59 Å². The maximum absolute atomic E-state index is 13.0. The van der Waals surface area contributed by atoms with Crippen LogP contribution in [0.15, 0.2) is 59.0 Å². The molecular weight excluding hydrogens is 476 g/mol. The van der Waals surface area contributed by atoms with Crippen molar-refractivity contribution in [3.63, 3.8) is 0 Å². The molecule has 2 aliphatic heterocycles. The van der Waals surface area contributed by atoms with Crippen molar-refractivity contribution >= 4 is 27.5 Å². The molecule has 0 aliphatic carbocycles. The number of benzene rings is 2. The third kappa shape index (κ3) is 4.80. The Morgan fingerprint density at radius 2 is 1.69 bits per heavy atom. The van der Waals surface area contributed by atoms with Crippen molar-refractivity contribution in [3.8, 4) is 5.75 Å². The smallest absolute Gasteiger partial charge is 0.295 e. The molecule has 0 saturated carbocycles. The molecule has 186 valence electrons. The molecule has 0 bridgehead atoms. The largest absolute Gasteiger partial charge is 0.508 e. The Kier molecular flexibility index (Phi) is 7.22. The van der Waals surface area contributed by atoms with Gasteiger partial charge in [0.1, 0.15) is 11.5 Å². The van der Waals surface area contributed by atoms with E-state index < -0.39 is 33.5 Å². The van der Waals surface area contributed by atoms with Crippen molar-refractivity contribution in [1.82, 2.24) is 9.21 Å². The van der Waals surface area contributed by atoms with Crippen LogP contribution in [0.2, 0.25) is 0 Å². The lowest BCUT2D eigenvalue weighted by Gasteiger charge is -2.26. The molecule has 11 heteroatoms. The number of nitrogens with zero attached hydrogens (tertiary/aromatic N) is 2. The SMILES string of the molecule is COCCN1C(=O)C(=O)C(=C(O)c2ccc(S(=O)(=O)N3CCOCC3)cc2)C1c1ccc(O)cc1. The number of hydrogen-bond donors (Lipinski definition) is 2. The molecule has 2 heterocycles. The summed E-state index contributed by atoms with van der Waals surface area (Å²) >= 11 is 0. The molecule has 0 spiro atoms. The van der Waals surface area contributed by atoms with E-state index in [1.54, 1.807) is 12.1 Å². The normalized spacial score (nSPS) is 20.9. The summed E-state index contributed by atoms with van der Waals surface area (Å²) in [6.07, 6.45) is 0. The molecule has 2 fully saturated rings. The topological polar surface area (TPSA) is 134 Å². The number of ether oxygens (including phenoxy) is 2. The molecule has 4 rings (SSSR count). The summed E-state index contributed by atoms with van der Waals surface area (Å²) in [6.45, 7) is 1.43. The van der Waals surface area contributed by atoms with E-state index in [4.69, 9.17) is 9.47 Å². The zero-order valence-electron chi connectivity index (χ0n) is 19.1. The average molecular weight is 503 g/mol. The third-order valence-corrected chi connectivity index (χ3v) is 7.93. The lowest BCUT2D eigenvalue weighted by Crippen LogP contribution is -2.40. The van der Waals surface area contributed by atoms with Gasteiger partial charge in [0, 0.05) is 32.3 Å². The minimum Gasteiger partial charge on any atom is -0.508 e. The van der Waals surface area contributed by atoms with E-state index in [0.29, 0.717) is 18.8 Å². The van der Waals surface area contributed by atoms with Crippen LogP contribution in [-0.2, 0) is 29.1 Å². The number of aromatic hydroxyl groups is 1. The summed E-state index contributed by atoms with van der Waals surface area (Å²) in [7, 11) is -2.26. The Morgan fingerprint density at radius 1 is 1.06 bits per heavy atom. The molecule has 0 radical (unpaired) electrons. The van der Waals surface area contributed by atoms with Gasteiger partial charge in [-0.25, -0.2) is 8.42 Å². The number of aliphatic hydroxyl groups excluding tert-OH is 1. The number of rotatable bonds is 7. The third-order valence-electron chi connectivity index (χ3n) is 6.02. The number of carbonyl (C=O) groups excluding carboxylic acids is 2. The molecule has 1 atom stereocenters. The Morgan fingerprint density at radius 3 is 2.29 bits per heavy atom. The second-order valence-corrected chi connectivity index (χ2v) is 10.1. The van der Waals surface area contributed by atoms with E-state index >= 15 is 0 Å². The van der Waals surface area contributed by atoms with Gasteiger partial charge < -0.3 is 24.6 Å². The molecule has 0 aromatic heterocycles. The molecule has 2 aromatic carbocycles. The van der Waals surface area contributed by atoms with Gasteiger partial charge in [-0.2, -0.15) is 4.31 Å². The Bertz CT molecular complexity index is 1230. The van der Waals surface area contributed by atoms with E-state index in [-0.39, 0.29) is 48.0 Å². The minimum absolute atomic E-state index is 0.0136. The quantitative estimate of drug-likeness (QED) is 0.330. The Balaban J connectivity index is 1.73. The van der Waals surface area contributed by atoms with Crippen LogP contribution in [0.5, 0.6) is 5.75 Å². The zero-order valence-corrected chi connectivity index (χ0v) is 19.9. The summed E-state index contributed by atoms with van der Waals surface area (Å²) in [6, 6.07) is 10.6. The van der Waals surface area contributed by atoms with Crippen LogP contribution in [0.1, 0.15) is 17.2 Å². The number of phenolic OH excluding ortho intramolecular Hbond substituents is 1. The summed E-state index contributed by atoms with van der Waals surface area (Å²) in [5.41, 5.74) is 0.589. The van der Waals surface area contributed by atoms with E-state index in [9.17, 15) is 28.2 Å². The van der Waals surface area contributed by atoms with Gasteiger partial charge in [-0.15, -0.1) is 0 Å². The molecule has 2 saturated heterocycles. The standard InChI is InChI=1S/C24H26N2O8S/c1-33-13-12-26-21(16-2-6-18(27)7-3-16)20(23(29)24(26)30)22(28)17-4-8-19(9-5-17)35(31,32)25-10-14-34-15-11-25/h2-9,21,27-28H,10-15H2,1H3. The first kappa shape index (κ1) is 24.9. The highest BCUT2D eigenvalue weighted by Gasteiger charge is 2.45.